The number of nitrogens with one attached hydrogen (secondary N) is 1. The third-order valence-corrected chi connectivity index (χ3v) is 12.7. The molecule has 0 radical (unpaired) electrons. The molecule has 0 saturated heterocycles. The molecule has 0 atom stereocenters. The van der Waals surface area contributed by atoms with Crippen molar-refractivity contribution < 1.29 is 4.57 Å². The number of aromatic amines is 1. The van der Waals surface area contributed by atoms with Gasteiger partial charge >= 0.3 is 5.65 Å². The number of benzene rings is 1. The van der Waals surface area contributed by atoms with Gasteiger partial charge in [-0.15, -0.1) is 4.98 Å². The van der Waals surface area contributed by atoms with Gasteiger partial charge in [-0.3, -0.25) is 4.98 Å². The minimum absolute atomic E-state index is 0.610. The highest BCUT2D eigenvalue weighted by Gasteiger charge is 2.40. The van der Waals surface area contributed by atoms with E-state index in [1.165, 1.54) is 0 Å². The van der Waals surface area contributed by atoms with Crippen LogP contribution in [0.3, 0.4) is 0 Å². The first kappa shape index (κ1) is 37.5. The summed E-state index contributed by atoms with van der Waals surface area (Å²) in [7, 11) is 12.0. The highest BCUT2D eigenvalue weighted by Crippen LogP contribution is 2.55. The number of imidazole rings is 6. The van der Waals surface area contributed by atoms with E-state index in [0.717, 1.165) is 33.7 Å². The SMILES string of the molecule is Cn1c(-c2c(-c3nc4cccnc4n3C)c(-c3nc4cccnc4n3C)c(-c3[nH]c4cccnc4[n+]3C)c(-c3nc4cccnc4n3C)c2-c2nc3cccnc3n2C)nc2cccnc21. The second kappa shape index (κ2) is 13.7. The van der Waals surface area contributed by atoms with E-state index in [-0.39, 0.29) is 0 Å². The van der Waals surface area contributed by atoms with E-state index >= 15 is 0 Å². The Morgan fingerprint density at radius 3 is 0.924 bits per heavy atom. The molecule has 0 fully saturated rings. The van der Waals surface area contributed by atoms with Gasteiger partial charge in [0.2, 0.25) is 5.82 Å². The highest BCUT2D eigenvalue weighted by atomic mass is 15.2. The van der Waals surface area contributed by atoms with Crippen molar-refractivity contribution in [2.24, 2.45) is 42.3 Å². The summed E-state index contributed by atoms with van der Waals surface area (Å²) in [4.78, 5) is 60.4. The van der Waals surface area contributed by atoms with Gasteiger partial charge in [-0.2, -0.15) is 0 Å². The van der Waals surface area contributed by atoms with Crippen molar-refractivity contribution in [2.45, 2.75) is 0 Å². The first-order chi connectivity index (χ1) is 32.3. The molecule has 0 aliphatic rings. The lowest BCUT2D eigenvalue weighted by Gasteiger charge is -2.25. The summed E-state index contributed by atoms with van der Waals surface area (Å²) < 4.78 is 12.3. The molecule has 12 aromatic heterocycles. The van der Waals surface area contributed by atoms with E-state index in [2.05, 4.69) is 9.55 Å². The van der Waals surface area contributed by atoms with Crippen molar-refractivity contribution in [3.05, 3.63) is 110 Å². The van der Waals surface area contributed by atoms with E-state index in [1.807, 2.05) is 138 Å². The van der Waals surface area contributed by atoms with E-state index in [0.29, 0.717) is 102 Å². The molecule has 0 aliphatic carbocycles. The third-order valence-electron chi connectivity index (χ3n) is 12.7. The van der Waals surface area contributed by atoms with Crippen LogP contribution < -0.4 is 4.57 Å². The molecule has 1 aromatic carbocycles. The second-order valence-electron chi connectivity index (χ2n) is 16.4. The fraction of sp³-hybridized carbons (Fsp3) is 0.125. The minimum Gasteiger partial charge on any atom is -0.312 e. The number of H-pyrrole nitrogens is 1. The van der Waals surface area contributed by atoms with Crippen molar-refractivity contribution in [1.29, 1.82) is 0 Å². The molecule has 0 amide bonds. The number of hydrogen-bond acceptors (Lipinski definition) is 11. The van der Waals surface area contributed by atoms with Crippen LogP contribution in [0.25, 0.3) is 135 Å². The van der Waals surface area contributed by atoms with E-state index in [1.54, 1.807) is 37.2 Å². The molecule has 0 spiro atoms. The fourth-order valence-corrected chi connectivity index (χ4v) is 9.65. The van der Waals surface area contributed by atoms with E-state index in [9.17, 15) is 0 Å². The van der Waals surface area contributed by atoms with Crippen molar-refractivity contribution >= 4 is 67.0 Å². The summed E-state index contributed by atoms with van der Waals surface area (Å²) in [5.74, 6) is 3.80. The Labute approximate surface area is 373 Å². The monoisotopic (exact) mass is 865 g/mol. The number of fused-ring (bicyclic) bond motifs is 6. The van der Waals surface area contributed by atoms with Gasteiger partial charge in [-0.1, -0.05) is 0 Å². The molecule has 13 aromatic rings. The van der Waals surface area contributed by atoms with Gasteiger partial charge in [0.15, 0.2) is 33.8 Å². The smallest absolute Gasteiger partial charge is 0.301 e. The van der Waals surface area contributed by atoms with E-state index < -0.39 is 0 Å². The quantitative estimate of drug-likeness (QED) is 0.173. The molecule has 318 valence electrons. The molecular weight excluding hydrogens is 829 g/mol. The maximum atomic E-state index is 5.48. The minimum atomic E-state index is 0.610. The number of pyridine rings is 6. The normalized spacial score (nSPS) is 12.1. The van der Waals surface area contributed by atoms with Crippen LogP contribution in [-0.2, 0) is 42.3 Å². The maximum absolute atomic E-state index is 5.48. The topological polar surface area (TPSA) is 186 Å². The van der Waals surface area contributed by atoms with Gasteiger partial charge in [0, 0.05) is 94.0 Å². The Bertz CT molecular complexity index is 3450. The average Bonchev–Trinajstić information content (AvgIpc) is 4.19. The molecule has 0 aliphatic heterocycles. The molecular formula is C48H37N18+. The second-order valence-corrected chi connectivity index (χ2v) is 16.4. The van der Waals surface area contributed by atoms with Gasteiger partial charge in [0.1, 0.15) is 62.9 Å². The zero-order valence-electron chi connectivity index (χ0n) is 36.5. The van der Waals surface area contributed by atoms with Crippen LogP contribution in [0.5, 0.6) is 0 Å². The number of aromatic nitrogens is 18. The van der Waals surface area contributed by atoms with Gasteiger partial charge in [-0.05, 0) is 72.8 Å². The Hall–Kier alpha value is -9.06. The van der Waals surface area contributed by atoms with Crippen LogP contribution in [-0.4, -0.2) is 82.6 Å². The van der Waals surface area contributed by atoms with Crippen LogP contribution in [0.1, 0.15) is 0 Å². The predicted molar refractivity (Wildman–Crippen MR) is 250 cm³/mol. The van der Waals surface area contributed by atoms with Crippen LogP contribution in [0, 0.1) is 0 Å². The van der Waals surface area contributed by atoms with Crippen molar-refractivity contribution in [2.75, 3.05) is 0 Å². The third kappa shape index (κ3) is 5.11. The van der Waals surface area contributed by atoms with Crippen LogP contribution in [0.15, 0.2) is 110 Å². The molecule has 66 heavy (non-hydrogen) atoms. The lowest BCUT2D eigenvalue weighted by molar-refractivity contribution is -0.635. The largest absolute Gasteiger partial charge is 0.312 e. The van der Waals surface area contributed by atoms with Crippen molar-refractivity contribution in [1.82, 2.24) is 82.6 Å². The maximum Gasteiger partial charge on any atom is 0.301 e. The van der Waals surface area contributed by atoms with E-state index in [4.69, 9.17) is 54.8 Å². The molecule has 0 saturated carbocycles. The Kier molecular flexibility index (Phi) is 7.79. The Morgan fingerprint density at radius 2 is 0.636 bits per heavy atom. The van der Waals surface area contributed by atoms with Crippen LogP contribution in [0.4, 0.5) is 0 Å². The first-order valence-corrected chi connectivity index (χ1v) is 21.2. The summed E-state index contributed by atoms with van der Waals surface area (Å²) >= 11 is 0. The zero-order valence-corrected chi connectivity index (χ0v) is 36.5. The van der Waals surface area contributed by atoms with Crippen LogP contribution >= 0.6 is 0 Å². The fourth-order valence-electron chi connectivity index (χ4n) is 9.65. The number of hydrogen-bond donors (Lipinski definition) is 1. The van der Waals surface area contributed by atoms with Gasteiger partial charge in [0.25, 0.3) is 0 Å². The Balaban J connectivity index is 1.39. The molecule has 18 nitrogen and oxygen atoms in total. The lowest BCUT2D eigenvalue weighted by Crippen LogP contribution is -2.30. The molecule has 0 unspecified atom stereocenters. The molecule has 0 bridgehead atoms. The summed E-state index contributed by atoms with van der Waals surface area (Å²) in [6, 6.07) is 23.4. The summed E-state index contributed by atoms with van der Waals surface area (Å²) in [6.45, 7) is 0. The number of aryl methyl sites for hydroxylation is 6. The average molecular weight is 866 g/mol. The molecule has 1 N–H and O–H groups in total. The summed E-state index contributed by atoms with van der Waals surface area (Å²) in [6.07, 6.45) is 10.7. The first-order valence-electron chi connectivity index (χ1n) is 21.2. The lowest BCUT2D eigenvalue weighted by atomic mass is 9.83. The number of rotatable bonds is 6. The Morgan fingerprint density at radius 1 is 0.364 bits per heavy atom. The standard InChI is InChI=1S/C48H36N18/c1-61-37-25(13-7-19-49-37)55-43(61)31-32(44-56-26-14-8-20-50-38(26)62(44)2)34(46-58-28-16-10-22-52-40(28)64(46)4)36(48-60-30-18-12-24-54-42(30)66(48)6)35(47-59-29-17-11-23-53-41(29)65(47)5)33(31)45-57-27-15-9-21-51-39(27)63(45)3/h7-24H,1-6H3/p+1. The predicted octanol–water partition coefficient (Wildman–Crippen LogP) is 6.80. The molecule has 12 heterocycles. The van der Waals surface area contributed by atoms with Gasteiger partial charge < -0.3 is 22.8 Å². The summed E-state index contributed by atoms with van der Waals surface area (Å²) in [5, 5.41) is 0. The number of nitrogens with zero attached hydrogens (tertiary/aromatic N) is 17. The highest BCUT2D eigenvalue weighted by molar-refractivity contribution is 6.13. The van der Waals surface area contributed by atoms with Gasteiger partial charge in [0.05, 0.1) is 12.6 Å². The van der Waals surface area contributed by atoms with Crippen molar-refractivity contribution in [3.8, 4) is 68.3 Å². The summed E-state index contributed by atoms with van der Waals surface area (Å²) in [5.41, 5.74) is 13.0. The molecule has 18 heteroatoms. The molecule has 13 rings (SSSR count). The zero-order chi connectivity index (χ0) is 44.5. The van der Waals surface area contributed by atoms with Crippen LogP contribution in [0.2, 0.25) is 0 Å². The van der Waals surface area contributed by atoms with Gasteiger partial charge in [-0.25, -0.2) is 54.4 Å². The van der Waals surface area contributed by atoms with Crippen molar-refractivity contribution in [3.63, 3.8) is 0 Å².